The van der Waals surface area contributed by atoms with Gasteiger partial charge in [0.1, 0.15) is 22.7 Å². The Morgan fingerprint density at radius 2 is 1.19 bits per heavy atom. The van der Waals surface area contributed by atoms with Gasteiger partial charge in [0.2, 0.25) is 0 Å². The van der Waals surface area contributed by atoms with Crippen molar-refractivity contribution in [2.75, 3.05) is 0 Å². The smallest absolute Gasteiger partial charge is 0.148 e. The molecule has 0 aliphatic carbocycles. The Balaban J connectivity index is 0.00000525. The molecule has 330 valence electrons. The fraction of sp³-hybridized carbons (Fsp3) is 0.115. The fourth-order valence-electron chi connectivity index (χ4n) is 9.36. The predicted octanol–water partition coefficient (Wildman–Crippen LogP) is 15.8. The summed E-state index contributed by atoms with van der Waals surface area (Å²) < 4.78 is 8.40. The summed E-state index contributed by atoms with van der Waals surface area (Å²) in [5, 5.41) is 13.8. The molecule has 3 aromatic heterocycles. The van der Waals surface area contributed by atoms with Crippen molar-refractivity contribution in [3.8, 4) is 67.5 Å². The van der Waals surface area contributed by atoms with Crippen molar-refractivity contribution >= 4 is 33.0 Å². The van der Waals surface area contributed by atoms with Crippen LogP contribution < -0.4 is 0 Å². The first-order valence-corrected chi connectivity index (χ1v) is 22.5. The van der Waals surface area contributed by atoms with Gasteiger partial charge in [-0.05, 0) is 63.6 Å². The van der Waals surface area contributed by atoms with Crippen molar-refractivity contribution in [3.63, 3.8) is 0 Å². The zero-order chi connectivity index (χ0) is 45.2. The molecule has 0 bridgehead atoms. The topological polar surface area (TPSA) is 64.1 Å². The molecule has 11 aromatic rings. The number of furan rings is 1. The molecule has 67 heavy (non-hydrogen) atoms. The van der Waals surface area contributed by atoms with Gasteiger partial charge in [-0.3, -0.25) is 9.55 Å². The third-order valence-corrected chi connectivity index (χ3v) is 13.1. The van der Waals surface area contributed by atoms with E-state index in [-0.39, 0.29) is 37.6 Å². The third kappa shape index (κ3) is 7.88. The van der Waals surface area contributed by atoms with Crippen LogP contribution in [0, 0.1) is 6.07 Å². The number of hydrogen-bond donors (Lipinski definition) is 1. The Hall–Kier alpha value is -7.33. The zero-order valence-electron chi connectivity index (χ0n) is 38.0. The number of pyridine rings is 1. The van der Waals surface area contributed by atoms with Crippen molar-refractivity contribution in [1.82, 2.24) is 14.5 Å². The molecule has 0 amide bonds. The molecular weight excluding hydrogens is 1000 g/mol. The normalized spacial score (nSPS) is 11.9. The molecular formula is C61H48N3O2Pt-. The van der Waals surface area contributed by atoms with E-state index in [1.807, 2.05) is 36.5 Å². The minimum atomic E-state index is -0.181. The molecule has 0 saturated carbocycles. The number of phenols is 1. The molecule has 0 aliphatic heterocycles. The average molecular weight is 1050 g/mol. The Morgan fingerprint density at radius 3 is 1.97 bits per heavy atom. The van der Waals surface area contributed by atoms with Crippen LogP contribution in [-0.2, 0) is 31.9 Å². The van der Waals surface area contributed by atoms with Crippen LogP contribution in [0.3, 0.4) is 0 Å². The van der Waals surface area contributed by atoms with Crippen LogP contribution in [0.15, 0.2) is 199 Å². The molecule has 0 saturated heterocycles. The van der Waals surface area contributed by atoms with Crippen LogP contribution in [-0.4, -0.2) is 19.6 Å². The van der Waals surface area contributed by atoms with Gasteiger partial charge in [-0.25, -0.2) is 4.98 Å². The van der Waals surface area contributed by atoms with Gasteiger partial charge in [-0.2, -0.15) is 0 Å². The Labute approximate surface area is 405 Å². The zero-order valence-corrected chi connectivity index (χ0v) is 40.3. The summed E-state index contributed by atoms with van der Waals surface area (Å²) in [7, 11) is 0. The second kappa shape index (κ2) is 17.1. The van der Waals surface area contributed by atoms with Crippen LogP contribution >= 0.6 is 0 Å². The van der Waals surface area contributed by atoms with Gasteiger partial charge in [0.05, 0.1) is 22.3 Å². The average Bonchev–Trinajstić information content (AvgIpc) is 3.92. The molecule has 5 nitrogen and oxygen atoms in total. The van der Waals surface area contributed by atoms with E-state index >= 15 is 0 Å². The maximum atomic E-state index is 11.9. The summed E-state index contributed by atoms with van der Waals surface area (Å²) in [5.41, 5.74) is 15.9. The van der Waals surface area contributed by atoms with Gasteiger partial charge < -0.3 is 9.52 Å². The van der Waals surface area contributed by atoms with Gasteiger partial charge in [-0.15, -0.1) is 29.3 Å². The molecule has 0 atom stereocenters. The third-order valence-electron chi connectivity index (χ3n) is 13.1. The number of nitrogens with zero attached hydrogens (tertiary/aromatic N) is 3. The second-order valence-electron chi connectivity index (χ2n) is 18.7. The molecule has 0 spiro atoms. The van der Waals surface area contributed by atoms with E-state index in [0.29, 0.717) is 17.0 Å². The predicted molar refractivity (Wildman–Crippen MR) is 271 cm³/mol. The first kappa shape index (κ1) is 43.6. The van der Waals surface area contributed by atoms with E-state index in [4.69, 9.17) is 14.4 Å². The van der Waals surface area contributed by atoms with Crippen LogP contribution in [0.4, 0.5) is 0 Å². The molecule has 6 heteroatoms. The molecule has 0 unspecified atom stereocenters. The Kier molecular flexibility index (Phi) is 11.1. The number of benzene rings is 8. The van der Waals surface area contributed by atoms with E-state index in [9.17, 15) is 5.11 Å². The number of hydrogen-bond acceptors (Lipinski definition) is 4. The molecule has 1 N–H and O–H groups in total. The van der Waals surface area contributed by atoms with Gasteiger partial charge in [0, 0.05) is 60.8 Å². The summed E-state index contributed by atoms with van der Waals surface area (Å²) in [5.74, 6) is 0.700. The van der Waals surface area contributed by atoms with E-state index in [1.165, 1.54) is 11.1 Å². The molecule has 3 heterocycles. The quantitative estimate of drug-likeness (QED) is 0.154. The van der Waals surface area contributed by atoms with Crippen LogP contribution in [0.25, 0.3) is 94.7 Å². The Bertz CT molecular complexity index is 3600. The Morgan fingerprint density at radius 1 is 0.522 bits per heavy atom. The second-order valence-corrected chi connectivity index (χ2v) is 18.7. The van der Waals surface area contributed by atoms with E-state index < -0.39 is 0 Å². The number of fused-ring (bicyclic) bond motifs is 4. The maximum absolute atomic E-state index is 11.9. The standard InChI is InChI=1S/C61H48N3O2.Pt/c1-60(2,3)46-34-42(33-43(35-46)52-36-41(31-32-62-52)39-27-29-45(30-28-39)61(4,5)44-19-10-7-11-20-44)48-23-16-25-54-58(48)63-59(64(54)53-24-14-12-21-47(53)40-17-8-6-9-18-40)51-37-50-49-22-13-15-26-56(49)66-57(50)38-55(51)65;/h6-32,34-38,65H,1-5H3;/q-1;. The van der Waals surface area contributed by atoms with Crippen LogP contribution in [0.2, 0.25) is 0 Å². The van der Waals surface area contributed by atoms with Crippen LogP contribution in [0.1, 0.15) is 51.3 Å². The number of phenolic OH excluding ortho intramolecular Hbond substituents is 1. The van der Waals surface area contributed by atoms with E-state index in [1.54, 1.807) is 6.07 Å². The number of rotatable bonds is 8. The van der Waals surface area contributed by atoms with Crippen molar-refractivity contribution in [2.45, 2.75) is 45.4 Å². The number of aromatic nitrogens is 3. The van der Waals surface area contributed by atoms with E-state index in [0.717, 1.165) is 83.3 Å². The number of aromatic hydroxyl groups is 1. The molecule has 11 rings (SSSR count). The monoisotopic (exact) mass is 1050 g/mol. The van der Waals surface area contributed by atoms with Gasteiger partial charge in [-0.1, -0.05) is 185 Å². The van der Waals surface area contributed by atoms with Gasteiger partial charge in [0.15, 0.2) is 0 Å². The minimum absolute atomic E-state index is 0. The fourth-order valence-corrected chi connectivity index (χ4v) is 9.36. The number of imidazole rings is 1. The molecule has 0 fully saturated rings. The number of para-hydroxylation sites is 3. The van der Waals surface area contributed by atoms with Crippen LogP contribution in [0.5, 0.6) is 5.75 Å². The molecule has 8 aromatic carbocycles. The first-order chi connectivity index (χ1) is 32.0. The summed E-state index contributed by atoms with van der Waals surface area (Å²) in [6, 6.07) is 69.0. The summed E-state index contributed by atoms with van der Waals surface area (Å²) >= 11 is 0. The van der Waals surface area contributed by atoms with Crippen molar-refractivity contribution < 1.29 is 30.6 Å². The first-order valence-electron chi connectivity index (χ1n) is 22.5. The molecule has 0 radical (unpaired) electrons. The SMILES string of the molecule is CC(C)(C)c1cc(-c2cc(-c3ccc(C(C)(C)c4ccccc4)cc3)ccn2)[c-]c(-c2cccc3c2nc(-c2cc4c(cc2O)oc2ccccc24)n3-c2ccccc2-c2ccccc2)c1.[Pt]. The van der Waals surface area contributed by atoms with Crippen molar-refractivity contribution in [2.24, 2.45) is 0 Å². The van der Waals surface area contributed by atoms with E-state index in [2.05, 4.69) is 197 Å². The van der Waals surface area contributed by atoms with Crippen molar-refractivity contribution in [3.05, 3.63) is 217 Å². The maximum Gasteiger partial charge on any atom is 0.148 e. The van der Waals surface area contributed by atoms with Gasteiger partial charge in [0.25, 0.3) is 0 Å². The summed E-state index contributed by atoms with van der Waals surface area (Å²) in [4.78, 5) is 10.5. The summed E-state index contributed by atoms with van der Waals surface area (Å²) in [6.45, 7) is 11.3. The summed E-state index contributed by atoms with van der Waals surface area (Å²) in [6.07, 6.45) is 1.90. The largest absolute Gasteiger partial charge is 0.507 e. The van der Waals surface area contributed by atoms with Crippen molar-refractivity contribution in [1.29, 1.82) is 0 Å². The molecule has 0 aliphatic rings. The minimum Gasteiger partial charge on any atom is -0.507 e. The van der Waals surface area contributed by atoms with Gasteiger partial charge >= 0.3 is 0 Å².